The van der Waals surface area contributed by atoms with Crippen molar-refractivity contribution < 1.29 is 9.47 Å². The first-order chi connectivity index (χ1) is 14.3. The van der Waals surface area contributed by atoms with E-state index in [1.807, 2.05) is 6.07 Å². The monoisotopic (exact) mass is 400 g/mol. The Labute approximate surface area is 175 Å². The summed E-state index contributed by atoms with van der Waals surface area (Å²) in [5, 5.41) is 7.09. The maximum Gasteiger partial charge on any atom is 0.191 e. The largest absolute Gasteiger partial charge is 0.496 e. The van der Waals surface area contributed by atoms with E-state index in [9.17, 15) is 0 Å². The zero-order chi connectivity index (χ0) is 20.1. The van der Waals surface area contributed by atoms with E-state index in [4.69, 9.17) is 14.5 Å². The van der Waals surface area contributed by atoms with Crippen molar-refractivity contribution in [3.05, 3.63) is 29.8 Å². The van der Waals surface area contributed by atoms with Crippen LogP contribution in [0.1, 0.15) is 57.1 Å². The first-order valence-corrected chi connectivity index (χ1v) is 11.4. The summed E-state index contributed by atoms with van der Waals surface area (Å²) in [7, 11) is 1.76. The van der Waals surface area contributed by atoms with E-state index >= 15 is 0 Å². The number of para-hydroxylation sites is 1. The Kier molecular flexibility index (Phi) is 6.93. The number of hydrogen-bond acceptors (Lipinski definition) is 4. The molecule has 3 fully saturated rings. The molecule has 0 saturated carbocycles. The summed E-state index contributed by atoms with van der Waals surface area (Å²) < 4.78 is 11.7. The Morgan fingerprint density at radius 3 is 2.76 bits per heavy atom. The van der Waals surface area contributed by atoms with Crippen LogP contribution in [0.5, 0.6) is 5.75 Å². The van der Waals surface area contributed by atoms with Gasteiger partial charge >= 0.3 is 0 Å². The van der Waals surface area contributed by atoms with Gasteiger partial charge in [-0.3, -0.25) is 9.89 Å². The molecule has 0 aromatic heterocycles. The quantitative estimate of drug-likeness (QED) is 0.544. The summed E-state index contributed by atoms with van der Waals surface area (Å²) in [6.07, 6.45) is 8.10. The van der Waals surface area contributed by atoms with Crippen LogP contribution in [0.3, 0.4) is 0 Å². The van der Waals surface area contributed by atoms with Gasteiger partial charge in [0.15, 0.2) is 5.96 Å². The highest BCUT2D eigenvalue weighted by atomic mass is 16.5. The lowest BCUT2D eigenvalue weighted by molar-refractivity contribution is 0.0992. The number of hydrogen-bond donors (Lipinski definition) is 2. The second-order valence-electron chi connectivity index (χ2n) is 8.43. The number of nitrogens with one attached hydrogen (secondary N) is 2. The number of fused-ring (bicyclic) bond motifs is 2. The molecule has 2 N–H and O–H groups in total. The maximum absolute atomic E-state index is 6.01. The fourth-order valence-corrected chi connectivity index (χ4v) is 5.05. The van der Waals surface area contributed by atoms with Crippen LogP contribution in [0, 0.1) is 0 Å². The van der Waals surface area contributed by atoms with Gasteiger partial charge in [0, 0.05) is 12.1 Å². The average Bonchev–Trinajstić information content (AvgIpc) is 3.38. The molecule has 3 aliphatic rings. The van der Waals surface area contributed by atoms with Crippen molar-refractivity contribution >= 4 is 5.96 Å². The van der Waals surface area contributed by atoms with Gasteiger partial charge in [-0.2, -0.15) is 0 Å². The molecule has 3 saturated heterocycles. The Balaban J connectivity index is 1.51. The number of guanidine groups is 1. The summed E-state index contributed by atoms with van der Waals surface area (Å²) in [5.74, 6) is 1.86. The fraction of sp³-hybridized carbons (Fsp3) is 0.696. The molecule has 1 aromatic rings. The smallest absolute Gasteiger partial charge is 0.191 e. The van der Waals surface area contributed by atoms with Crippen LogP contribution in [0.4, 0.5) is 0 Å². The van der Waals surface area contributed by atoms with E-state index in [1.165, 1.54) is 37.7 Å². The highest BCUT2D eigenvalue weighted by molar-refractivity contribution is 5.80. The normalized spacial score (nSPS) is 28.3. The minimum absolute atomic E-state index is 0.234. The van der Waals surface area contributed by atoms with Crippen LogP contribution in [0.15, 0.2) is 29.3 Å². The molecule has 3 heterocycles. The standard InChI is InChI=1S/C23H36N4O2/c1-3-24-23(26-19-15-17-11-12-22(19)29-17)25-16-20(27-13-7-4-8-14-27)18-9-5-6-10-21(18)28-2/h5-6,9-10,17,19-20,22H,3-4,7-8,11-16H2,1-2H3,(H2,24,25,26). The molecular formula is C23H36N4O2. The van der Waals surface area contributed by atoms with Gasteiger partial charge in [-0.1, -0.05) is 24.6 Å². The molecule has 6 nitrogen and oxygen atoms in total. The Morgan fingerprint density at radius 1 is 1.24 bits per heavy atom. The molecule has 160 valence electrons. The molecule has 29 heavy (non-hydrogen) atoms. The number of methoxy groups -OCH3 is 1. The van der Waals surface area contributed by atoms with Gasteiger partial charge in [-0.25, -0.2) is 0 Å². The van der Waals surface area contributed by atoms with Crippen LogP contribution in [0.25, 0.3) is 0 Å². The number of benzene rings is 1. The summed E-state index contributed by atoms with van der Waals surface area (Å²) >= 11 is 0. The minimum atomic E-state index is 0.234. The van der Waals surface area contributed by atoms with Gasteiger partial charge in [0.05, 0.1) is 37.9 Å². The van der Waals surface area contributed by atoms with E-state index in [2.05, 4.69) is 40.7 Å². The molecule has 4 unspecified atom stereocenters. The molecule has 2 bridgehead atoms. The third kappa shape index (κ3) is 4.86. The van der Waals surface area contributed by atoms with Crippen LogP contribution in [-0.4, -0.2) is 62.4 Å². The van der Waals surface area contributed by atoms with E-state index < -0.39 is 0 Å². The highest BCUT2D eigenvalue weighted by Crippen LogP contribution is 2.34. The molecule has 1 aromatic carbocycles. The average molecular weight is 401 g/mol. The first kappa shape index (κ1) is 20.5. The third-order valence-electron chi connectivity index (χ3n) is 6.52. The Hall–Kier alpha value is -1.79. The minimum Gasteiger partial charge on any atom is -0.496 e. The SMILES string of the molecule is CCNC(=NCC(c1ccccc1OC)N1CCCCC1)NC1CC2CCC1O2. The lowest BCUT2D eigenvalue weighted by Crippen LogP contribution is -2.47. The molecule has 4 rings (SSSR count). The van der Waals surface area contributed by atoms with Crippen molar-refractivity contribution in [3.8, 4) is 5.75 Å². The predicted octanol–water partition coefficient (Wildman–Crippen LogP) is 3.10. The molecule has 4 atom stereocenters. The van der Waals surface area contributed by atoms with Crippen molar-refractivity contribution in [2.45, 2.75) is 69.7 Å². The molecule has 0 aliphatic carbocycles. The van der Waals surface area contributed by atoms with Crippen molar-refractivity contribution in [3.63, 3.8) is 0 Å². The molecular weight excluding hydrogens is 364 g/mol. The maximum atomic E-state index is 6.01. The van der Waals surface area contributed by atoms with Gasteiger partial charge in [0.25, 0.3) is 0 Å². The second kappa shape index (κ2) is 9.81. The summed E-state index contributed by atoms with van der Waals surface area (Å²) in [6, 6.07) is 9.02. The second-order valence-corrected chi connectivity index (χ2v) is 8.43. The molecule has 0 spiro atoms. The lowest BCUT2D eigenvalue weighted by Gasteiger charge is -2.35. The lowest BCUT2D eigenvalue weighted by atomic mass is 9.96. The van der Waals surface area contributed by atoms with Crippen molar-refractivity contribution in [1.29, 1.82) is 0 Å². The first-order valence-electron chi connectivity index (χ1n) is 11.4. The molecule has 0 radical (unpaired) electrons. The van der Waals surface area contributed by atoms with E-state index in [0.717, 1.165) is 44.3 Å². The van der Waals surface area contributed by atoms with Gasteiger partial charge in [0.1, 0.15) is 5.75 Å². The van der Waals surface area contributed by atoms with E-state index in [-0.39, 0.29) is 6.04 Å². The molecule has 0 amide bonds. The van der Waals surface area contributed by atoms with E-state index in [0.29, 0.717) is 18.2 Å². The molecule has 6 heteroatoms. The van der Waals surface area contributed by atoms with Gasteiger partial charge in [0.2, 0.25) is 0 Å². The zero-order valence-electron chi connectivity index (χ0n) is 17.9. The number of nitrogens with zero attached hydrogens (tertiary/aromatic N) is 2. The summed E-state index contributed by atoms with van der Waals surface area (Å²) in [4.78, 5) is 7.61. The van der Waals surface area contributed by atoms with Crippen LogP contribution >= 0.6 is 0 Å². The van der Waals surface area contributed by atoms with Crippen LogP contribution in [0.2, 0.25) is 0 Å². The van der Waals surface area contributed by atoms with Gasteiger partial charge in [-0.05, 0) is 58.2 Å². The number of piperidine rings is 1. The summed E-state index contributed by atoms with van der Waals surface area (Å²) in [5.41, 5.74) is 1.24. The number of ether oxygens (including phenoxy) is 2. The number of aliphatic imine (C=N–C) groups is 1. The molecule has 3 aliphatic heterocycles. The van der Waals surface area contributed by atoms with Crippen molar-refractivity contribution in [1.82, 2.24) is 15.5 Å². The Bertz CT molecular complexity index is 689. The number of likely N-dealkylation sites (tertiary alicyclic amines) is 1. The zero-order valence-corrected chi connectivity index (χ0v) is 17.9. The van der Waals surface area contributed by atoms with Crippen molar-refractivity contribution in [2.75, 3.05) is 33.3 Å². The highest BCUT2D eigenvalue weighted by Gasteiger charge is 2.41. The number of rotatable bonds is 7. The van der Waals surface area contributed by atoms with Crippen LogP contribution in [-0.2, 0) is 4.74 Å². The third-order valence-corrected chi connectivity index (χ3v) is 6.52. The van der Waals surface area contributed by atoms with Gasteiger partial charge in [-0.15, -0.1) is 0 Å². The Morgan fingerprint density at radius 2 is 2.07 bits per heavy atom. The topological polar surface area (TPSA) is 58.1 Å². The van der Waals surface area contributed by atoms with Crippen LogP contribution < -0.4 is 15.4 Å². The summed E-state index contributed by atoms with van der Waals surface area (Å²) in [6.45, 7) is 5.95. The van der Waals surface area contributed by atoms with Gasteiger partial charge < -0.3 is 20.1 Å². The fourth-order valence-electron chi connectivity index (χ4n) is 5.05. The van der Waals surface area contributed by atoms with E-state index in [1.54, 1.807) is 7.11 Å². The predicted molar refractivity (Wildman–Crippen MR) is 117 cm³/mol. The van der Waals surface area contributed by atoms with Crippen molar-refractivity contribution in [2.24, 2.45) is 4.99 Å².